The van der Waals surface area contributed by atoms with E-state index in [1.807, 2.05) is 4.90 Å². The molecule has 2 N–H and O–H groups in total. The smallest absolute Gasteiger partial charge is 0.222 e. The fourth-order valence-corrected chi connectivity index (χ4v) is 3.90. The van der Waals surface area contributed by atoms with Gasteiger partial charge in [-0.25, -0.2) is 4.99 Å². The van der Waals surface area contributed by atoms with Gasteiger partial charge in [0.2, 0.25) is 5.91 Å². The average Bonchev–Trinajstić information content (AvgIpc) is 3.12. The number of guanidine groups is 1. The van der Waals surface area contributed by atoms with Crippen LogP contribution in [-0.4, -0.2) is 36.4 Å². The molecule has 160 valence electrons. The third-order valence-corrected chi connectivity index (χ3v) is 5.42. The molecular formula is C23H35IN4O. The molecule has 1 amide bonds. The fourth-order valence-electron chi connectivity index (χ4n) is 3.90. The maximum Gasteiger partial charge on any atom is 0.222 e. The number of carbonyl (C=O) groups is 1. The normalized spacial score (nSPS) is 17.0. The molecule has 3 rings (SSSR count). The Hall–Kier alpha value is -1.57. The van der Waals surface area contributed by atoms with Gasteiger partial charge in [-0.15, -0.1) is 24.0 Å². The van der Waals surface area contributed by atoms with Crippen molar-refractivity contribution in [2.24, 2.45) is 4.99 Å². The minimum atomic E-state index is 0. The number of hydrogen-bond acceptors (Lipinski definition) is 2. The van der Waals surface area contributed by atoms with Crippen molar-refractivity contribution in [1.82, 2.24) is 15.5 Å². The molecule has 1 aromatic rings. The summed E-state index contributed by atoms with van der Waals surface area (Å²) in [7, 11) is 0. The molecule has 1 heterocycles. The molecule has 0 spiro atoms. The molecule has 29 heavy (non-hydrogen) atoms. The molecule has 1 aromatic carbocycles. The van der Waals surface area contributed by atoms with Gasteiger partial charge in [0.1, 0.15) is 0 Å². The molecule has 0 bridgehead atoms. The fraction of sp³-hybridized carbons (Fsp3) is 0.565. The molecule has 2 aliphatic rings. The first-order valence-corrected chi connectivity index (χ1v) is 10.8. The van der Waals surface area contributed by atoms with Gasteiger partial charge in [-0.1, -0.05) is 35.9 Å². The van der Waals surface area contributed by atoms with Crippen LogP contribution in [0.25, 0.3) is 0 Å². The zero-order chi connectivity index (χ0) is 19.6. The van der Waals surface area contributed by atoms with Crippen LogP contribution in [0.1, 0.15) is 63.0 Å². The molecule has 1 aliphatic heterocycles. The summed E-state index contributed by atoms with van der Waals surface area (Å²) in [6.45, 7) is 6.10. The van der Waals surface area contributed by atoms with E-state index in [9.17, 15) is 4.79 Å². The monoisotopic (exact) mass is 510 g/mol. The highest BCUT2D eigenvalue weighted by atomic mass is 127. The summed E-state index contributed by atoms with van der Waals surface area (Å²) in [4.78, 5) is 18.5. The number of benzene rings is 1. The van der Waals surface area contributed by atoms with Crippen LogP contribution in [0, 0.1) is 0 Å². The minimum absolute atomic E-state index is 0. The van der Waals surface area contributed by atoms with Gasteiger partial charge in [-0.05, 0) is 56.6 Å². The Morgan fingerprint density at radius 3 is 2.72 bits per heavy atom. The van der Waals surface area contributed by atoms with Gasteiger partial charge < -0.3 is 15.5 Å². The van der Waals surface area contributed by atoms with Crippen LogP contribution in [0.2, 0.25) is 0 Å². The molecule has 0 aromatic heterocycles. The predicted octanol–water partition coefficient (Wildman–Crippen LogP) is 4.37. The van der Waals surface area contributed by atoms with E-state index in [1.165, 1.54) is 36.8 Å². The van der Waals surface area contributed by atoms with Crippen LogP contribution in [0.15, 0.2) is 40.9 Å². The van der Waals surface area contributed by atoms with Gasteiger partial charge in [0.05, 0.1) is 6.54 Å². The molecule has 6 heteroatoms. The number of allylic oxidation sites excluding steroid dienone is 1. The molecule has 0 saturated carbocycles. The third-order valence-electron chi connectivity index (χ3n) is 5.42. The molecule has 1 aliphatic carbocycles. The Balaban J connectivity index is 0.00000300. The second-order valence-corrected chi connectivity index (χ2v) is 7.72. The summed E-state index contributed by atoms with van der Waals surface area (Å²) >= 11 is 0. The third kappa shape index (κ3) is 7.99. The number of carbonyl (C=O) groups excluding carboxylic acids is 1. The quantitative estimate of drug-likeness (QED) is 0.236. The number of rotatable bonds is 8. The molecule has 0 unspecified atom stereocenters. The second kappa shape index (κ2) is 12.9. The number of nitrogens with zero attached hydrogens (tertiary/aromatic N) is 2. The highest BCUT2D eigenvalue weighted by molar-refractivity contribution is 14.0. The molecule has 0 atom stereocenters. The van der Waals surface area contributed by atoms with Crippen LogP contribution < -0.4 is 10.6 Å². The van der Waals surface area contributed by atoms with E-state index in [0.29, 0.717) is 19.5 Å². The van der Waals surface area contributed by atoms with Crippen molar-refractivity contribution in [3.05, 3.63) is 47.0 Å². The molecule has 1 saturated heterocycles. The zero-order valence-corrected chi connectivity index (χ0v) is 19.9. The Morgan fingerprint density at radius 1 is 1.14 bits per heavy atom. The Morgan fingerprint density at radius 2 is 2.00 bits per heavy atom. The van der Waals surface area contributed by atoms with E-state index in [4.69, 9.17) is 4.99 Å². The molecule has 1 fully saturated rings. The van der Waals surface area contributed by atoms with Gasteiger partial charge in [0, 0.05) is 32.6 Å². The van der Waals surface area contributed by atoms with Crippen LogP contribution in [-0.2, 0) is 17.9 Å². The Labute approximate surface area is 192 Å². The number of nitrogens with one attached hydrogen (secondary N) is 2. The van der Waals surface area contributed by atoms with Crippen molar-refractivity contribution in [2.75, 3.05) is 19.6 Å². The highest BCUT2D eigenvalue weighted by Crippen LogP contribution is 2.19. The lowest BCUT2D eigenvalue weighted by Gasteiger charge is -2.16. The lowest BCUT2D eigenvalue weighted by atomic mass is 9.97. The first-order chi connectivity index (χ1) is 13.7. The van der Waals surface area contributed by atoms with E-state index in [2.05, 4.69) is 47.9 Å². The maximum atomic E-state index is 11.8. The van der Waals surface area contributed by atoms with Crippen LogP contribution in [0.5, 0.6) is 0 Å². The standard InChI is InChI=1S/C23H34N4O.HI/c1-2-24-23(25-14-13-19-8-4-3-5-9-19)26-17-20-10-6-11-21(16-20)18-27-15-7-12-22(27)28;/h6,8,10-11,16H,2-5,7,9,12-15,17-18H2,1H3,(H2,24,25,26);1H. The van der Waals surface area contributed by atoms with Crippen molar-refractivity contribution in [3.63, 3.8) is 0 Å². The van der Waals surface area contributed by atoms with Crippen molar-refractivity contribution >= 4 is 35.8 Å². The SMILES string of the molecule is CCNC(=NCc1cccc(CN2CCCC2=O)c1)NCCC1=CCCCC1.I. The second-order valence-electron chi connectivity index (χ2n) is 7.72. The Bertz CT molecular complexity index is 717. The topological polar surface area (TPSA) is 56.7 Å². The summed E-state index contributed by atoms with van der Waals surface area (Å²) in [6, 6.07) is 8.44. The summed E-state index contributed by atoms with van der Waals surface area (Å²) in [5, 5.41) is 6.80. The number of likely N-dealkylation sites (tertiary alicyclic amines) is 1. The van der Waals surface area contributed by atoms with Gasteiger partial charge >= 0.3 is 0 Å². The van der Waals surface area contributed by atoms with E-state index in [1.54, 1.807) is 5.57 Å². The minimum Gasteiger partial charge on any atom is -0.357 e. The van der Waals surface area contributed by atoms with Crippen molar-refractivity contribution in [3.8, 4) is 0 Å². The number of aliphatic imine (C=N–C) groups is 1. The largest absolute Gasteiger partial charge is 0.357 e. The van der Waals surface area contributed by atoms with Gasteiger partial charge in [-0.2, -0.15) is 0 Å². The molecule has 0 radical (unpaired) electrons. The summed E-state index contributed by atoms with van der Waals surface area (Å²) < 4.78 is 0. The van der Waals surface area contributed by atoms with Crippen molar-refractivity contribution < 1.29 is 4.79 Å². The number of amides is 1. The average molecular weight is 510 g/mol. The van der Waals surface area contributed by atoms with Crippen LogP contribution >= 0.6 is 24.0 Å². The van der Waals surface area contributed by atoms with Gasteiger partial charge in [0.25, 0.3) is 0 Å². The molecular weight excluding hydrogens is 475 g/mol. The van der Waals surface area contributed by atoms with E-state index in [0.717, 1.165) is 38.4 Å². The predicted molar refractivity (Wildman–Crippen MR) is 130 cm³/mol. The van der Waals surface area contributed by atoms with Crippen LogP contribution in [0.3, 0.4) is 0 Å². The highest BCUT2D eigenvalue weighted by Gasteiger charge is 2.19. The summed E-state index contributed by atoms with van der Waals surface area (Å²) in [6.07, 6.45) is 10.3. The van der Waals surface area contributed by atoms with Gasteiger partial charge in [-0.3, -0.25) is 4.79 Å². The lowest BCUT2D eigenvalue weighted by Crippen LogP contribution is -2.37. The first-order valence-electron chi connectivity index (χ1n) is 10.8. The lowest BCUT2D eigenvalue weighted by molar-refractivity contribution is -0.128. The number of halogens is 1. The van der Waals surface area contributed by atoms with Gasteiger partial charge in [0.15, 0.2) is 5.96 Å². The van der Waals surface area contributed by atoms with E-state index in [-0.39, 0.29) is 29.9 Å². The zero-order valence-electron chi connectivity index (χ0n) is 17.6. The molecule has 5 nitrogen and oxygen atoms in total. The summed E-state index contributed by atoms with van der Waals surface area (Å²) in [5.74, 6) is 1.15. The van der Waals surface area contributed by atoms with E-state index >= 15 is 0 Å². The van der Waals surface area contributed by atoms with E-state index < -0.39 is 0 Å². The number of hydrogen-bond donors (Lipinski definition) is 2. The Kier molecular flexibility index (Phi) is 10.5. The van der Waals surface area contributed by atoms with Crippen molar-refractivity contribution in [1.29, 1.82) is 0 Å². The first kappa shape index (κ1) is 23.7. The van der Waals surface area contributed by atoms with Crippen LogP contribution in [0.4, 0.5) is 0 Å². The van der Waals surface area contributed by atoms with Crippen molar-refractivity contribution in [2.45, 2.75) is 65.0 Å². The summed E-state index contributed by atoms with van der Waals surface area (Å²) in [5.41, 5.74) is 3.94. The maximum absolute atomic E-state index is 11.8.